The summed E-state index contributed by atoms with van der Waals surface area (Å²) in [7, 11) is 0. The molecule has 0 radical (unpaired) electrons. The van der Waals surface area contributed by atoms with Crippen LogP contribution in [-0.2, 0) is 0 Å². The predicted molar refractivity (Wildman–Crippen MR) is 78.8 cm³/mol. The number of rotatable bonds is 3. The molecule has 0 aliphatic carbocycles. The highest BCUT2D eigenvalue weighted by Crippen LogP contribution is 2.27. The Hall–Kier alpha value is -2.04. The molecule has 0 fully saturated rings. The Balaban J connectivity index is 2.40. The fraction of sp³-hybridized carbons (Fsp3) is 0.222. The van der Waals surface area contributed by atoms with Crippen LogP contribution >= 0.6 is 0 Å². The van der Waals surface area contributed by atoms with Gasteiger partial charge in [-0.2, -0.15) is 0 Å². The number of hydrogen-bond acceptors (Lipinski definition) is 1. The van der Waals surface area contributed by atoms with Crippen LogP contribution in [0.1, 0.15) is 30.4 Å². The molecule has 1 heteroatoms. The van der Waals surface area contributed by atoms with E-state index in [1.165, 1.54) is 0 Å². The summed E-state index contributed by atoms with van der Waals surface area (Å²) in [5, 5.41) is 10.4. The van der Waals surface area contributed by atoms with Crippen molar-refractivity contribution in [2.24, 2.45) is 0 Å². The number of aliphatic hydroxyl groups is 1. The summed E-state index contributed by atoms with van der Waals surface area (Å²) in [6.45, 7) is 1.99. The Kier molecular flexibility index (Phi) is 4.78. The van der Waals surface area contributed by atoms with Gasteiger partial charge in [-0.25, -0.2) is 0 Å². The fourth-order valence-corrected chi connectivity index (χ4v) is 2.17. The Bertz CT molecular complexity index is 509. The zero-order valence-corrected chi connectivity index (χ0v) is 11.1. The van der Waals surface area contributed by atoms with Gasteiger partial charge >= 0.3 is 0 Å². The molecule has 1 unspecified atom stereocenters. The quantitative estimate of drug-likeness (QED) is 0.825. The van der Waals surface area contributed by atoms with E-state index in [2.05, 4.69) is 11.8 Å². The van der Waals surface area contributed by atoms with E-state index in [9.17, 15) is 5.11 Å². The minimum absolute atomic E-state index is 0.0959. The van der Waals surface area contributed by atoms with Crippen LogP contribution in [0.2, 0.25) is 0 Å². The van der Waals surface area contributed by atoms with Crippen LogP contribution in [0.3, 0.4) is 0 Å². The second-order valence-electron chi connectivity index (χ2n) is 4.42. The van der Waals surface area contributed by atoms with E-state index in [0.717, 1.165) is 17.5 Å². The first kappa shape index (κ1) is 13.4. The SMILES string of the molecule is CCC#CC(O)C(c1ccccc1)c1ccccc1. The smallest absolute Gasteiger partial charge is 0.125 e. The van der Waals surface area contributed by atoms with Gasteiger partial charge in [0.25, 0.3) is 0 Å². The average molecular weight is 250 g/mol. The van der Waals surface area contributed by atoms with Crippen molar-refractivity contribution in [2.75, 3.05) is 0 Å². The van der Waals surface area contributed by atoms with E-state index in [-0.39, 0.29) is 5.92 Å². The summed E-state index contributed by atoms with van der Waals surface area (Å²) in [4.78, 5) is 0. The lowest BCUT2D eigenvalue weighted by atomic mass is 9.87. The minimum atomic E-state index is -0.676. The summed E-state index contributed by atoms with van der Waals surface area (Å²) in [6, 6.07) is 20.1. The van der Waals surface area contributed by atoms with Crippen LogP contribution in [-0.4, -0.2) is 11.2 Å². The van der Waals surface area contributed by atoms with Gasteiger partial charge in [0.2, 0.25) is 0 Å². The molecule has 0 spiro atoms. The molecule has 0 heterocycles. The zero-order chi connectivity index (χ0) is 13.5. The van der Waals surface area contributed by atoms with Crippen molar-refractivity contribution < 1.29 is 5.11 Å². The normalized spacial score (nSPS) is 11.7. The van der Waals surface area contributed by atoms with E-state index in [0.29, 0.717) is 0 Å². The van der Waals surface area contributed by atoms with Crippen molar-refractivity contribution in [3.63, 3.8) is 0 Å². The van der Waals surface area contributed by atoms with Gasteiger partial charge in [0.15, 0.2) is 0 Å². The van der Waals surface area contributed by atoms with Crippen LogP contribution in [0, 0.1) is 11.8 Å². The largest absolute Gasteiger partial charge is 0.379 e. The van der Waals surface area contributed by atoms with Crippen molar-refractivity contribution >= 4 is 0 Å². The van der Waals surface area contributed by atoms with Gasteiger partial charge in [0.05, 0.1) is 0 Å². The van der Waals surface area contributed by atoms with E-state index < -0.39 is 6.10 Å². The van der Waals surface area contributed by atoms with E-state index in [1.54, 1.807) is 0 Å². The molecule has 0 saturated carbocycles. The molecule has 2 rings (SSSR count). The number of aliphatic hydroxyl groups excluding tert-OH is 1. The number of hydrogen-bond donors (Lipinski definition) is 1. The molecule has 96 valence electrons. The molecular formula is C18H18O. The topological polar surface area (TPSA) is 20.2 Å². The third-order valence-corrected chi connectivity index (χ3v) is 3.06. The monoisotopic (exact) mass is 250 g/mol. The predicted octanol–water partition coefficient (Wildman–Crippen LogP) is 3.59. The molecule has 2 aromatic carbocycles. The maximum atomic E-state index is 10.4. The highest BCUT2D eigenvalue weighted by Gasteiger charge is 2.21. The lowest BCUT2D eigenvalue weighted by Crippen LogP contribution is -2.18. The zero-order valence-electron chi connectivity index (χ0n) is 11.1. The first-order chi connectivity index (χ1) is 9.33. The van der Waals surface area contributed by atoms with Crippen LogP contribution in [0.15, 0.2) is 60.7 Å². The van der Waals surface area contributed by atoms with Crippen molar-refractivity contribution in [2.45, 2.75) is 25.4 Å². The summed E-state index contributed by atoms with van der Waals surface area (Å²) in [6.07, 6.45) is 0.0811. The molecule has 2 aromatic rings. The third-order valence-electron chi connectivity index (χ3n) is 3.06. The molecule has 0 saturated heterocycles. The molecule has 0 amide bonds. The summed E-state index contributed by atoms with van der Waals surface area (Å²) < 4.78 is 0. The second-order valence-corrected chi connectivity index (χ2v) is 4.42. The van der Waals surface area contributed by atoms with E-state index in [1.807, 2.05) is 67.6 Å². The van der Waals surface area contributed by atoms with Gasteiger partial charge in [0.1, 0.15) is 6.10 Å². The lowest BCUT2D eigenvalue weighted by Gasteiger charge is -2.20. The molecular weight excluding hydrogens is 232 g/mol. The van der Waals surface area contributed by atoms with Crippen LogP contribution in [0.4, 0.5) is 0 Å². The van der Waals surface area contributed by atoms with Crippen molar-refractivity contribution in [1.82, 2.24) is 0 Å². The van der Waals surface area contributed by atoms with Crippen LogP contribution in [0.5, 0.6) is 0 Å². The van der Waals surface area contributed by atoms with E-state index in [4.69, 9.17) is 0 Å². The third kappa shape index (κ3) is 3.47. The highest BCUT2D eigenvalue weighted by molar-refractivity contribution is 5.36. The lowest BCUT2D eigenvalue weighted by molar-refractivity contribution is 0.214. The van der Waals surface area contributed by atoms with E-state index >= 15 is 0 Å². The van der Waals surface area contributed by atoms with Gasteiger partial charge in [-0.05, 0) is 11.1 Å². The van der Waals surface area contributed by atoms with Gasteiger partial charge in [-0.1, -0.05) is 73.5 Å². The fourth-order valence-electron chi connectivity index (χ4n) is 2.17. The Morgan fingerprint density at radius 3 is 1.79 bits per heavy atom. The summed E-state index contributed by atoms with van der Waals surface area (Å²) in [5.74, 6) is 5.81. The maximum absolute atomic E-state index is 10.4. The summed E-state index contributed by atoms with van der Waals surface area (Å²) in [5.41, 5.74) is 2.18. The molecule has 1 atom stereocenters. The number of benzene rings is 2. The molecule has 0 aliphatic heterocycles. The molecule has 0 aromatic heterocycles. The van der Waals surface area contributed by atoms with Gasteiger partial charge in [-0.3, -0.25) is 0 Å². The van der Waals surface area contributed by atoms with Crippen molar-refractivity contribution in [3.8, 4) is 11.8 Å². The molecule has 0 aliphatic rings. The first-order valence-electron chi connectivity index (χ1n) is 6.59. The highest BCUT2D eigenvalue weighted by atomic mass is 16.3. The van der Waals surface area contributed by atoms with Gasteiger partial charge in [-0.15, -0.1) is 5.92 Å². The van der Waals surface area contributed by atoms with Gasteiger partial charge < -0.3 is 5.11 Å². The minimum Gasteiger partial charge on any atom is -0.379 e. The molecule has 1 nitrogen and oxygen atoms in total. The Labute approximate surface area is 114 Å². The average Bonchev–Trinajstić information content (AvgIpc) is 2.47. The van der Waals surface area contributed by atoms with Crippen LogP contribution < -0.4 is 0 Å². The Morgan fingerprint density at radius 2 is 1.37 bits per heavy atom. The summed E-state index contributed by atoms with van der Waals surface area (Å²) >= 11 is 0. The molecule has 19 heavy (non-hydrogen) atoms. The Morgan fingerprint density at radius 1 is 0.895 bits per heavy atom. The standard InChI is InChI=1S/C18H18O/c1-2-3-14-17(19)18(15-10-6-4-7-11-15)16-12-8-5-9-13-16/h4-13,17-19H,2H2,1H3. The molecule has 0 bridgehead atoms. The van der Waals surface area contributed by atoms with Gasteiger partial charge in [0, 0.05) is 12.3 Å². The van der Waals surface area contributed by atoms with Crippen molar-refractivity contribution in [1.29, 1.82) is 0 Å². The second kappa shape index (κ2) is 6.78. The maximum Gasteiger partial charge on any atom is 0.125 e. The van der Waals surface area contributed by atoms with Crippen LogP contribution in [0.25, 0.3) is 0 Å². The molecule has 1 N–H and O–H groups in total. The first-order valence-corrected chi connectivity index (χ1v) is 6.59. The van der Waals surface area contributed by atoms with Crippen molar-refractivity contribution in [3.05, 3.63) is 71.8 Å².